The summed E-state index contributed by atoms with van der Waals surface area (Å²) in [6, 6.07) is 23.8. The number of carbonyl (C=O) groups excluding carboxylic acids is 1. The predicted molar refractivity (Wildman–Crippen MR) is 121 cm³/mol. The van der Waals surface area contributed by atoms with E-state index < -0.39 is 0 Å². The van der Waals surface area contributed by atoms with E-state index in [1.165, 1.54) is 0 Å². The van der Waals surface area contributed by atoms with Crippen molar-refractivity contribution in [2.24, 2.45) is 0 Å². The smallest absolute Gasteiger partial charge is 0.255 e. The van der Waals surface area contributed by atoms with Crippen molar-refractivity contribution in [3.8, 4) is 11.5 Å². The molecule has 1 saturated heterocycles. The van der Waals surface area contributed by atoms with Crippen molar-refractivity contribution >= 4 is 17.7 Å². The van der Waals surface area contributed by atoms with Crippen LogP contribution in [-0.2, 0) is 6.61 Å². The Labute approximate surface area is 181 Å². The summed E-state index contributed by atoms with van der Waals surface area (Å²) in [6.07, 6.45) is 0. The minimum atomic E-state index is -0.0397. The molecular formula is C25H25NO3S. The van der Waals surface area contributed by atoms with Gasteiger partial charge in [-0.15, -0.1) is 11.8 Å². The number of carbonyl (C=O) groups is 1. The molecule has 0 aliphatic carbocycles. The first-order valence-corrected chi connectivity index (χ1v) is 11.0. The largest absolute Gasteiger partial charge is 0.493 e. The predicted octanol–water partition coefficient (Wildman–Crippen LogP) is 5.47. The number of hydrogen-bond acceptors (Lipinski definition) is 4. The third-order valence-corrected chi connectivity index (χ3v) is 6.50. The van der Waals surface area contributed by atoms with Crippen molar-refractivity contribution < 1.29 is 14.3 Å². The number of thioether (sulfide) groups is 1. The van der Waals surface area contributed by atoms with Crippen LogP contribution in [0.3, 0.4) is 0 Å². The Hall–Kier alpha value is -2.92. The van der Waals surface area contributed by atoms with Crippen LogP contribution in [0.15, 0.2) is 72.8 Å². The maximum atomic E-state index is 13.2. The summed E-state index contributed by atoms with van der Waals surface area (Å²) in [7, 11) is 1.64. The van der Waals surface area contributed by atoms with E-state index >= 15 is 0 Å². The molecular weight excluding hydrogens is 394 g/mol. The molecule has 0 bridgehead atoms. The van der Waals surface area contributed by atoms with Gasteiger partial charge in [0, 0.05) is 17.9 Å². The van der Waals surface area contributed by atoms with Crippen LogP contribution >= 0.6 is 11.8 Å². The van der Waals surface area contributed by atoms with Gasteiger partial charge in [0.2, 0.25) is 0 Å². The molecule has 3 aromatic carbocycles. The third kappa shape index (κ3) is 4.31. The number of amides is 1. The monoisotopic (exact) mass is 419 g/mol. The summed E-state index contributed by atoms with van der Waals surface area (Å²) >= 11 is 1.78. The molecule has 1 aliphatic heterocycles. The number of rotatable bonds is 6. The normalized spacial score (nSPS) is 15.8. The summed E-state index contributed by atoms with van der Waals surface area (Å²) in [5, 5.41) is -0.0397. The molecule has 4 nitrogen and oxygen atoms in total. The van der Waals surface area contributed by atoms with Gasteiger partial charge in [-0.1, -0.05) is 54.6 Å². The fraction of sp³-hybridized carbons (Fsp3) is 0.240. The molecule has 3 aromatic rings. The van der Waals surface area contributed by atoms with Crippen LogP contribution < -0.4 is 9.47 Å². The molecule has 4 rings (SSSR count). The zero-order valence-electron chi connectivity index (χ0n) is 17.2. The first-order valence-electron chi connectivity index (χ1n) is 10.0. The number of nitrogens with zero attached hydrogens (tertiary/aromatic N) is 1. The summed E-state index contributed by atoms with van der Waals surface area (Å²) < 4.78 is 11.6. The third-order valence-electron chi connectivity index (χ3n) is 5.24. The summed E-state index contributed by atoms with van der Waals surface area (Å²) in [4.78, 5) is 15.2. The summed E-state index contributed by atoms with van der Waals surface area (Å²) in [6.45, 7) is 3.17. The second kappa shape index (κ2) is 9.26. The highest BCUT2D eigenvalue weighted by atomic mass is 32.2. The Morgan fingerprint density at radius 2 is 1.80 bits per heavy atom. The van der Waals surface area contributed by atoms with Gasteiger partial charge >= 0.3 is 0 Å². The topological polar surface area (TPSA) is 38.8 Å². The highest BCUT2D eigenvalue weighted by Crippen LogP contribution is 2.42. The molecule has 1 heterocycles. The number of hydrogen-bond donors (Lipinski definition) is 0. The molecule has 1 aliphatic rings. The van der Waals surface area contributed by atoms with Crippen molar-refractivity contribution in [3.05, 3.63) is 95.1 Å². The van der Waals surface area contributed by atoms with Gasteiger partial charge in [0.05, 0.1) is 7.11 Å². The second-order valence-corrected chi connectivity index (χ2v) is 8.41. The van der Waals surface area contributed by atoms with Gasteiger partial charge in [0.15, 0.2) is 11.5 Å². The molecule has 0 saturated carbocycles. The first kappa shape index (κ1) is 20.4. The van der Waals surface area contributed by atoms with Crippen molar-refractivity contribution in [2.45, 2.75) is 18.9 Å². The average molecular weight is 420 g/mol. The van der Waals surface area contributed by atoms with Gasteiger partial charge < -0.3 is 14.4 Å². The molecule has 0 N–H and O–H groups in total. The molecule has 0 radical (unpaired) electrons. The fourth-order valence-electron chi connectivity index (χ4n) is 3.62. The molecule has 0 aromatic heterocycles. The lowest BCUT2D eigenvalue weighted by atomic mass is 10.1. The van der Waals surface area contributed by atoms with Gasteiger partial charge in [-0.2, -0.15) is 0 Å². The minimum absolute atomic E-state index is 0.0397. The van der Waals surface area contributed by atoms with Crippen LogP contribution in [0.5, 0.6) is 11.5 Å². The molecule has 5 heteroatoms. The van der Waals surface area contributed by atoms with E-state index in [1.807, 2.05) is 84.6 Å². The lowest BCUT2D eigenvalue weighted by Crippen LogP contribution is -2.30. The maximum absolute atomic E-state index is 13.2. The zero-order valence-corrected chi connectivity index (χ0v) is 18.0. The summed E-state index contributed by atoms with van der Waals surface area (Å²) in [5.41, 5.74) is 3.90. The zero-order chi connectivity index (χ0) is 20.9. The average Bonchev–Trinajstić information content (AvgIpc) is 3.28. The van der Waals surface area contributed by atoms with Crippen molar-refractivity contribution in [2.75, 3.05) is 19.4 Å². The number of ether oxygens (including phenoxy) is 2. The van der Waals surface area contributed by atoms with E-state index in [2.05, 4.69) is 0 Å². The van der Waals surface area contributed by atoms with Crippen LogP contribution in [0.2, 0.25) is 0 Å². The van der Waals surface area contributed by atoms with E-state index in [0.717, 1.165) is 34.6 Å². The molecule has 0 spiro atoms. The van der Waals surface area contributed by atoms with Gasteiger partial charge in [-0.05, 0) is 41.8 Å². The van der Waals surface area contributed by atoms with Gasteiger partial charge in [0.1, 0.15) is 12.0 Å². The van der Waals surface area contributed by atoms with Crippen molar-refractivity contribution in [3.63, 3.8) is 0 Å². The van der Waals surface area contributed by atoms with E-state index in [4.69, 9.17) is 9.47 Å². The Bertz CT molecular complexity index is 1020. The van der Waals surface area contributed by atoms with Crippen molar-refractivity contribution in [1.82, 2.24) is 4.90 Å². The van der Waals surface area contributed by atoms with Crippen LogP contribution in [0.4, 0.5) is 0 Å². The van der Waals surface area contributed by atoms with Gasteiger partial charge in [-0.3, -0.25) is 4.79 Å². The molecule has 0 unspecified atom stereocenters. The highest BCUT2D eigenvalue weighted by Gasteiger charge is 2.32. The Kier molecular flexibility index (Phi) is 6.29. The lowest BCUT2D eigenvalue weighted by molar-refractivity contribution is 0.0759. The Morgan fingerprint density at radius 1 is 1.03 bits per heavy atom. The molecule has 1 fully saturated rings. The number of aryl methyl sites for hydroxylation is 1. The summed E-state index contributed by atoms with van der Waals surface area (Å²) in [5.74, 6) is 2.36. The van der Waals surface area contributed by atoms with Crippen molar-refractivity contribution in [1.29, 1.82) is 0 Å². The van der Waals surface area contributed by atoms with Crippen LogP contribution in [-0.4, -0.2) is 30.2 Å². The van der Waals surface area contributed by atoms with E-state index in [9.17, 15) is 4.79 Å². The van der Waals surface area contributed by atoms with E-state index in [-0.39, 0.29) is 11.3 Å². The standard InChI is InChI=1S/C25H25NO3S/c1-18-8-6-7-11-21(18)24(27)26-14-15-30-25(26)20-12-13-22(28-2)23(16-20)29-17-19-9-4-3-5-10-19/h3-13,16,25H,14-15,17H2,1-2H3/t25-/m1/s1. The van der Waals surface area contributed by atoms with Crippen LogP contribution in [0.1, 0.15) is 32.4 Å². The van der Waals surface area contributed by atoms with Crippen LogP contribution in [0.25, 0.3) is 0 Å². The molecule has 1 atom stereocenters. The molecule has 1 amide bonds. The Balaban J connectivity index is 1.58. The SMILES string of the molecule is COc1ccc([C@H]2SCCN2C(=O)c2ccccc2C)cc1OCc1ccccc1. The highest BCUT2D eigenvalue weighted by molar-refractivity contribution is 7.99. The Morgan fingerprint density at radius 3 is 2.57 bits per heavy atom. The lowest BCUT2D eigenvalue weighted by Gasteiger charge is -2.25. The number of benzene rings is 3. The van der Waals surface area contributed by atoms with Gasteiger partial charge in [-0.25, -0.2) is 0 Å². The maximum Gasteiger partial charge on any atom is 0.255 e. The molecule has 30 heavy (non-hydrogen) atoms. The van der Waals surface area contributed by atoms with Crippen LogP contribution in [0, 0.1) is 6.92 Å². The molecule has 154 valence electrons. The minimum Gasteiger partial charge on any atom is -0.493 e. The quantitative estimate of drug-likeness (QED) is 0.531. The first-order chi connectivity index (χ1) is 14.7. The van der Waals surface area contributed by atoms with Gasteiger partial charge in [0.25, 0.3) is 5.91 Å². The van der Waals surface area contributed by atoms with E-state index in [1.54, 1.807) is 18.9 Å². The fourth-order valence-corrected chi connectivity index (χ4v) is 4.86. The number of methoxy groups -OCH3 is 1. The van der Waals surface area contributed by atoms with E-state index in [0.29, 0.717) is 18.1 Å². The second-order valence-electron chi connectivity index (χ2n) is 7.22.